The van der Waals surface area contributed by atoms with Crippen molar-refractivity contribution in [3.63, 3.8) is 0 Å². The summed E-state index contributed by atoms with van der Waals surface area (Å²) in [6.45, 7) is 8.24. The van der Waals surface area contributed by atoms with Crippen LogP contribution in [-0.4, -0.2) is 30.9 Å². The highest BCUT2D eigenvalue weighted by atomic mass is 16.2. The first-order valence-electron chi connectivity index (χ1n) is 7.46. The van der Waals surface area contributed by atoms with Crippen LogP contribution in [0.2, 0.25) is 0 Å². The van der Waals surface area contributed by atoms with Crippen LogP contribution in [0.15, 0.2) is 0 Å². The predicted octanol–water partition coefficient (Wildman–Crippen LogP) is 3.04. The van der Waals surface area contributed by atoms with Crippen molar-refractivity contribution in [2.45, 2.75) is 59.3 Å². The third-order valence-corrected chi connectivity index (χ3v) is 3.73. The van der Waals surface area contributed by atoms with Crippen LogP contribution in [0, 0.1) is 11.8 Å². The van der Waals surface area contributed by atoms with Crippen LogP contribution < -0.4 is 5.73 Å². The predicted molar refractivity (Wildman–Crippen MR) is 78.4 cm³/mol. The molecule has 0 rings (SSSR count). The van der Waals surface area contributed by atoms with E-state index in [0.29, 0.717) is 18.3 Å². The monoisotopic (exact) mass is 256 g/mol. The summed E-state index contributed by atoms with van der Waals surface area (Å²) >= 11 is 0. The summed E-state index contributed by atoms with van der Waals surface area (Å²) in [7, 11) is 1.92. The number of carbonyl (C=O) groups excluding carboxylic acids is 1. The normalized spacial score (nSPS) is 12.8. The molecule has 0 fully saturated rings. The molecule has 0 saturated heterocycles. The first-order valence-corrected chi connectivity index (χ1v) is 7.46. The highest BCUT2D eigenvalue weighted by Gasteiger charge is 2.16. The molecule has 0 heterocycles. The van der Waals surface area contributed by atoms with Gasteiger partial charge in [-0.1, -0.05) is 33.6 Å². The lowest BCUT2D eigenvalue weighted by atomic mass is 9.88. The number of unbranched alkanes of at least 4 members (excludes halogenated alkanes) is 2. The van der Waals surface area contributed by atoms with Crippen molar-refractivity contribution in [2.75, 3.05) is 20.1 Å². The van der Waals surface area contributed by atoms with Gasteiger partial charge in [0.05, 0.1) is 0 Å². The molecule has 18 heavy (non-hydrogen) atoms. The van der Waals surface area contributed by atoms with Gasteiger partial charge in [-0.05, 0) is 37.6 Å². The smallest absolute Gasteiger partial charge is 0.222 e. The summed E-state index contributed by atoms with van der Waals surface area (Å²) in [6.07, 6.45) is 6.21. The van der Waals surface area contributed by atoms with Gasteiger partial charge in [0.25, 0.3) is 0 Å². The van der Waals surface area contributed by atoms with Crippen molar-refractivity contribution >= 4 is 5.91 Å². The third kappa shape index (κ3) is 7.70. The van der Waals surface area contributed by atoms with E-state index in [1.165, 1.54) is 12.8 Å². The van der Waals surface area contributed by atoms with Crippen LogP contribution in [-0.2, 0) is 4.79 Å². The minimum Gasteiger partial charge on any atom is -0.346 e. The van der Waals surface area contributed by atoms with Crippen molar-refractivity contribution in [2.24, 2.45) is 17.6 Å². The van der Waals surface area contributed by atoms with E-state index >= 15 is 0 Å². The van der Waals surface area contributed by atoms with Gasteiger partial charge in [0, 0.05) is 20.0 Å². The Morgan fingerprint density at radius 3 is 2.39 bits per heavy atom. The molecule has 1 amide bonds. The maximum atomic E-state index is 12.0. The molecule has 3 heteroatoms. The molecular formula is C15H32N2O. The number of rotatable bonds is 10. The van der Waals surface area contributed by atoms with Crippen LogP contribution in [0.4, 0.5) is 0 Å². The fraction of sp³-hybridized carbons (Fsp3) is 0.933. The van der Waals surface area contributed by atoms with Crippen LogP contribution >= 0.6 is 0 Å². The molecule has 0 aliphatic heterocycles. The zero-order valence-corrected chi connectivity index (χ0v) is 12.7. The van der Waals surface area contributed by atoms with E-state index in [9.17, 15) is 4.79 Å². The maximum Gasteiger partial charge on any atom is 0.222 e. The number of nitrogens with two attached hydrogens (primary N) is 1. The third-order valence-electron chi connectivity index (χ3n) is 3.73. The molecule has 2 N–H and O–H groups in total. The largest absolute Gasteiger partial charge is 0.346 e. The van der Waals surface area contributed by atoms with Gasteiger partial charge in [0.2, 0.25) is 5.91 Å². The minimum atomic E-state index is 0.286. The van der Waals surface area contributed by atoms with Gasteiger partial charge < -0.3 is 10.6 Å². The fourth-order valence-electron chi connectivity index (χ4n) is 2.25. The molecular weight excluding hydrogens is 224 g/mol. The lowest BCUT2D eigenvalue weighted by Gasteiger charge is -2.22. The molecule has 108 valence electrons. The van der Waals surface area contributed by atoms with Crippen LogP contribution in [0.25, 0.3) is 0 Å². The summed E-state index contributed by atoms with van der Waals surface area (Å²) in [5.41, 5.74) is 5.62. The molecule has 1 atom stereocenters. The molecule has 0 aliphatic rings. The quantitative estimate of drug-likeness (QED) is 0.611. The van der Waals surface area contributed by atoms with Gasteiger partial charge in [0.15, 0.2) is 0 Å². The molecule has 0 spiro atoms. The van der Waals surface area contributed by atoms with Crippen molar-refractivity contribution in [3.05, 3.63) is 0 Å². The van der Waals surface area contributed by atoms with E-state index in [1.54, 1.807) is 0 Å². The second kappa shape index (κ2) is 10.4. The molecule has 3 nitrogen and oxygen atoms in total. The Balaban J connectivity index is 3.91. The van der Waals surface area contributed by atoms with Gasteiger partial charge in [-0.15, -0.1) is 0 Å². The van der Waals surface area contributed by atoms with Crippen molar-refractivity contribution in [3.8, 4) is 0 Å². The Morgan fingerprint density at radius 2 is 1.89 bits per heavy atom. The summed E-state index contributed by atoms with van der Waals surface area (Å²) in [5, 5.41) is 0. The van der Waals surface area contributed by atoms with Crippen molar-refractivity contribution in [1.82, 2.24) is 4.90 Å². The van der Waals surface area contributed by atoms with E-state index in [0.717, 1.165) is 32.4 Å². The highest BCUT2D eigenvalue weighted by Crippen LogP contribution is 2.20. The summed E-state index contributed by atoms with van der Waals surface area (Å²) in [4.78, 5) is 13.8. The number of carbonyl (C=O) groups is 1. The van der Waals surface area contributed by atoms with Crippen molar-refractivity contribution in [1.29, 1.82) is 0 Å². The Labute approximate surface area is 113 Å². The molecule has 0 radical (unpaired) electrons. The van der Waals surface area contributed by atoms with Gasteiger partial charge >= 0.3 is 0 Å². The lowest BCUT2D eigenvalue weighted by Crippen LogP contribution is -2.28. The summed E-state index contributed by atoms with van der Waals surface area (Å²) in [5.74, 6) is 1.49. The lowest BCUT2D eigenvalue weighted by molar-refractivity contribution is -0.130. The fourth-order valence-corrected chi connectivity index (χ4v) is 2.25. The van der Waals surface area contributed by atoms with Gasteiger partial charge in [-0.25, -0.2) is 0 Å². The first kappa shape index (κ1) is 17.4. The zero-order valence-electron chi connectivity index (χ0n) is 12.7. The van der Waals surface area contributed by atoms with E-state index in [4.69, 9.17) is 5.73 Å². The molecule has 0 aromatic carbocycles. The number of amides is 1. The van der Waals surface area contributed by atoms with Crippen LogP contribution in [0.3, 0.4) is 0 Å². The van der Waals surface area contributed by atoms with Crippen molar-refractivity contribution < 1.29 is 4.79 Å². The van der Waals surface area contributed by atoms with E-state index in [2.05, 4.69) is 20.8 Å². The molecule has 0 aliphatic carbocycles. The Kier molecular flexibility index (Phi) is 10.0. The second-order valence-electron chi connectivity index (χ2n) is 5.64. The number of hydrogen-bond donors (Lipinski definition) is 1. The van der Waals surface area contributed by atoms with Gasteiger partial charge in [-0.2, -0.15) is 0 Å². The SMILES string of the molecule is CCCCCN(C)C(=O)CCC(CCN)C(C)C. The molecule has 0 saturated carbocycles. The minimum absolute atomic E-state index is 0.286. The molecule has 1 unspecified atom stereocenters. The summed E-state index contributed by atoms with van der Waals surface area (Å²) in [6, 6.07) is 0. The topological polar surface area (TPSA) is 46.3 Å². The first-order chi connectivity index (χ1) is 8.52. The van der Waals surface area contributed by atoms with E-state index in [-0.39, 0.29) is 5.91 Å². The summed E-state index contributed by atoms with van der Waals surface area (Å²) < 4.78 is 0. The van der Waals surface area contributed by atoms with E-state index in [1.807, 2.05) is 11.9 Å². The zero-order chi connectivity index (χ0) is 14.0. The van der Waals surface area contributed by atoms with Crippen LogP contribution in [0.5, 0.6) is 0 Å². The molecule has 0 aromatic heterocycles. The van der Waals surface area contributed by atoms with E-state index < -0.39 is 0 Å². The molecule has 0 bridgehead atoms. The average Bonchev–Trinajstić information content (AvgIpc) is 2.33. The molecule has 0 aromatic rings. The number of hydrogen-bond acceptors (Lipinski definition) is 2. The standard InChI is InChI=1S/C15H32N2O/c1-5-6-7-12-17(4)15(18)9-8-14(10-11-16)13(2)3/h13-14H,5-12,16H2,1-4H3. The average molecular weight is 256 g/mol. The Hall–Kier alpha value is -0.570. The van der Waals surface area contributed by atoms with Gasteiger partial charge in [0.1, 0.15) is 0 Å². The maximum absolute atomic E-state index is 12.0. The Bertz CT molecular complexity index is 217. The van der Waals surface area contributed by atoms with Gasteiger partial charge in [-0.3, -0.25) is 4.79 Å². The highest BCUT2D eigenvalue weighted by molar-refractivity contribution is 5.75. The second-order valence-corrected chi connectivity index (χ2v) is 5.64. The Morgan fingerprint density at radius 1 is 1.22 bits per heavy atom. The number of nitrogens with zero attached hydrogens (tertiary/aromatic N) is 1. The van der Waals surface area contributed by atoms with Crippen LogP contribution in [0.1, 0.15) is 59.3 Å².